The molecule has 2 aromatic carbocycles. The molecule has 7 heteroatoms. The molecule has 0 spiro atoms. The second kappa shape index (κ2) is 7.69. The van der Waals surface area contributed by atoms with Crippen LogP contribution in [0.15, 0.2) is 48.5 Å². The fourth-order valence-corrected chi connectivity index (χ4v) is 2.53. The van der Waals surface area contributed by atoms with Crippen molar-refractivity contribution in [2.24, 2.45) is 0 Å². The molecule has 0 saturated heterocycles. The lowest BCUT2D eigenvalue weighted by Crippen LogP contribution is -2.41. The number of hydrogen-bond donors (Lipinski definition) is 2. The molecule has 0 radical (unpaired) electrons. The fraction of sp³-hybridized carbons (Fsp3) is 0.211. The van der Waals surface area contributed by atoms with Gasteiger partial charge in [0, 0.05) is 5.56 Å². The minimum atomic E-state index is -0.930. The van der Waals surface area contributed by atoms with Gasteiger partial charge in [-0.25, -0.2) is 0 Å². The molecule has 1 atom stereocenters. The van der Waals surface area contributed by atoms with E-state index in [2.05, 4.69) is 10.6 Å². The highest BCUT2D eigenvalue weighted by atomic mass is 16.5. The van der Waals surface area contributed by atoms with Crippen molar-refractivity contribution in [3.8, 4) is 11.5 Å². The number of benzene rings is 2. The third-order valence-corrected chi connectivity index (χ3v) is 3.94. The molecule has 26 heavy (non-hydrogen) atoms. The van der Waals surface area contributed by atoms with Crippen LogP contribution in [0.25, 0.3) is 0 Å². The highest BCUT2D eigenvalue weighted by Gasteiger charge is 2.29. The van der Waals surface area contributed by atoms with Gasteiger partial charge in [0.15, 0.2) is 11.9 Å². The second-order valence-electron chi connectivity index (χ2n) is 5.72. The maximum atomic E-state index is 12.1. The number of amides is 2. The molecule has 0 saturated carbocycles. The van der Waals surface area contributed by atoms with E-state index in [4.69, 9.17) is 9.47 Å². The molecule has 0 fully saturated rings. The zero-order valence-corrected chi connectivity index (χ0v) is 14.2. The van der Waals surface area contributed by atoms with E-state index in [1.165, 1.54) is 0 Å². The number of fused-ring (bicyclic) bond motifs is 1. The summed E-state index contributed by atoms with van der Waals surface area (Å²) in [7, 11) is 1.54. The fourth-order valence-electron chi connectivity index (χ4n) is 2.53. The van der Waals surface area contributed by atoms with Crippen LogP contribution >= 0.6 is 0 Å². The summed E-state index contributed by atoms with van der Waals surface area (Å²) in [5, 5.41) is 5.22. The van der Waals surface area contributed by atoms with Crippen molar-refractivity contribution in [1.82, 2.24) is 5.32 Å². The first kappa shape index (κ1) is 17.5. The lowest BCUT2D eigenvalue weighted by atomic mass is 10.1. The van der Waals surface area contributed by atoms with Gasteiger partial charge in [0.2, 0.25) is 5.91 Å². The number of hydrogen-bond acceptors (Lipinski definition) is 5. The lowest BCUT2D eigenvalue weighted by Gasteiger charge is -2.25. The van der Waals surface area contributed by atoms with Crippen molar-refractivity contribution in [1.29, 1.82) is 0 Å². The van der Waals surface area contributed by atoms with Gasteiger partial charge in [-0.2, -0.15) is 0 Å². The zero-order chi connectivity index (χ0) is 18.5. The molecule has 2 aromatic rings. The molecular formula is C19H18N2O5. The summed E-state index contributed by atoms with van der Waals surface area (Å²) < 4.78 is 10.6. The van der Waals surface area contributed by atoms with E-state index in [-0.39, 0.29) is 24.7 Å². The van der Waals surface area contributed by atoms with Crippen LogP contribution in [-0.2, 0) is 9.59 Å². The largest absolute Gasteiger partial charge is 0.497 e. The quantitative estimate of drug-likeness (QED) is 0.772. The summed E-state index contributed by atoms with van der Waals surface area (Å²) in [5.41, 5.74) is 1.04. The van der Waals surface area contributed by atoms with Crippen LogP contribution in [0, 0.1) is 0 Å². The average Bonchev–Trinajstić information content (AvgIpc) is 2.66. The van der Waals surface area contributed by atoms with Gasteiger partial charge in [-0.1, -0.05) is 12.1 Å². The Morgan fingerprint density at radius 3 is 2.62 bits per heavy atom. The SMILES string of the molecule is COc1ccc(C(=O)CNC(=O)CC2Oc3ccccc3NC2=O)cc1. The number of methoxy groups -OCH3 is 1. The van der Waals surface area contributed by atoms with E-state index in [0.717, 1.165) is 0 Å². The Balaban J connectivity index is 1.52. The smallest absolute Gasteiger partial charge is 0.266 e. The maximum Gasteiger partial charge on any atom is 0.266 e. The lowest BCUT2D eigenvalue weighted by molar-refractivity contribution is -0.130. The minimum Gasteiger partial charge on any atom is -0.497 e. The first-order chi connectivity index (χ1) is 12.6. The molecule has 1 unspecified atom stereocenters. The molecule has 7 nitrogen and oxygen atoms in total. The molecule has 2 amide bonds. The van der Waals surface area contributed by atoms with Crippen LogP contribution in [0.2, 0.25) is 0 Å². The van der Waals surface area contributed by atoms with Gasteiger partial charge in [0.1, 0.15) is 11.5 Å². The minimum absolute atomic E-state index is 0.157. The van der Waals surface area contributed by atoms with Crippen molar-refractivity contribution in [2.45, 2.75) is 12.5 Å². The number of Topliss-reactive ketones (excluding diaryl/α,β-unsaturated/α-hetero) is 1. The van der Waals surface area contributed by atoms with Gasteiger partial charge in [0.05, 0.1) is 25.8 Å². The number of carbonyl (C=O) groups excluding carboxylic acids is 3. The van der Waals surface area contributed by atoms with Crippen molar-refractivity contribution in [3.63, 3.8) is 0 Å². The van der Waals surface area contributed by atoms with Crippen LogP contribution in [0.1, 0.15) is 16.8 Å². The van der Waals surface area contributed by atoms with E-state index in [1.807, 2.05) is 0 Å². The Kier molecular flexibility index (Phi) is 5.17. The van der Waals surface area contributed by atoms with Gasteiger partial charge in [-0.15, -0.1) is 0 Å². The Hall–Kier alpha value is -3.35. The first-order valence-corrected chi connectivity index (χ1v) is 8.07. The molecular weight excluding hydrogens is 336 g/mol. The van der Waals surface area contributed by atoms with Crippen molar-refractivity contribution < 1.29 is 23.9 Å². The Morgan fingerprint density at radius 1 is 1.15 bits per heavy atom. The van der Waals surface area contributed by atoms with Crippen molar-refractivity contribution in [3.05, 3.63) is 54.1 Å². The molecule has 1 heterocycles. The van der Waals surface area contributed by atoms with E-state index < -0.39 is 12.0 Å². The van der Waals surface area contributed by atoms with Gasteiger partial charge < -0.3 is 20.1 Å². The first-order valence-electron chi connectivity index (χ1n) is 8.07. The van der Waals surface area contributed by atoms with E-state index >= 15 is 0 Å². The van der Waals surface area contributed by atoms with E-state index in [1.54, 1.807) is 55.6 Å². The Morgan fingerprint density at radius 2 is 1.88 bits per heavy atom. The topological polar surface area (TPSA) is 93.7 Å². The molecule has 1 aliphatic rings. The standard InChI is InChI=1S/C19H18N2O5/c1-25-13-8-6-12(7-9-13)15(22)11-20-18(23)10-17-19(24)21-14-4-2-3-5-16(14)26-17/h2-9,17H,10-11H2,1H3,(H,20,23)(H,21,24). The third-order valence-electron chi connectivity index (χ3n) is 3.94. The van der Waals surface area contributed by atoms with E-state index in [0.29, 0.717) is 22.7 Å². The predicted molar refractivity (Wildman–Crippen MR) is 94.4 cm³/mol. The third kappa shape index (κ3) is 4.00. The summed E-state index contributed by atoms with van der Waals surface area (Å²) >= 11 is 0. The number of nitrogens with one attached hydrogen (secondary N) is 2. The Bertz CT molecular complexity index is 832. The highest BCUT2D eigenvalue weighted by Crippen LogP contribution is 2.29. The molecule has 2 N–H and O–H groups in total. The van der Waals surface area contributed by atoms with Gasteiger partial charge in [-0.05, 0) is 36.4 Å². The van der Waals surface area contributed by atoms with Gasteiger partial charge in [-0.3, -0.25) is 14.4 Å². The van der Waals surface area contributed by atoms with Crippen LogP contribution < -0.4 is 20.1 Å². The number of ketones is 1. The van der Waals surface area contributed by atoms with Crippen LogP contribution in [0.5, 0.6) is 11.5 Å². The summed E-state index contributed by atoms with van der Waals surface area (Å²) in [6.07, 6.45) is -1.10. The average molecular weight is 354 g/mol. The summed E-state index contributed by atoms with van der Waals surface area (Å²) in [5.74, 6) is 0.0950. The maximum absolute atomic E-state index is 12.1. The number of rotatable bonds is 6. The summed E-state index contributed by atoms with van der Waals surface area (Å²) in [6.45, 7) is -0.157. The van der Waals surface area contributed by atoms with Crippen LogP contribution in [0.3, 0.4) is 0 Å². The van der Waals surface area contributed by atoms with Crippen molar-refractivity contribution in [2.75, 3.05) is 19.0 Å². The van der Waals surface area contributed by atoms with E-state index in [9.17, 15) is 14.4 Å². The van der Waals surface area contributed by atoms with Gasteiger partial charge >= 0.3 is 0 Å². The normalized spacial score (nSPS) is 15.3. The predicted octanol–water partition coefficient (Wildman–Crippen LogP) is 1.78. The molecule has 0 bridgehead atoms. The molecule has 1 aliphatic heterocycles. The summed E-state index contributed by atoms with van der Waals surface area (Å²) in [6, 6.07) is 13.6. The number of carbonyl (C=O) groups is 3. The highest BCUT2D eigenvalue weighted by molar-refractivity contribution is 6.01. The molecule has 3 rings (SSSR count). The monoisotopic (exact) mass is 354 g/mol. The number of para-hydroxylation sites is 2. The zero-order valence-electron chi connectivity index (χ0n) is 14.2. The second-order valence-corrected chi connectivity index (χ2v) is 5.72. The molecule has 0 aromatic heterocycles. The van der Waals surface area contributed by atoms with Gasteiger partial charge in [0.25, 0.3) is 5.91 Å². The number of anilines is 1. The Labute approximate surface area is 150 Å². The van der Waals surface area contributed by atoms with Crippen molar-refractivity contribution >= 4 is 23.3 Å². The van der Waals surface area contributed by atoms with Crippen LogP contribution in [0.4, 0.5) is 5.69 Å². The van der Waals surface area contributed by atoms with Crippen LogP contribution in [-0.4, -0.2) is 37.4 Å². The molecule has 134 valence electrons. The summed E-state index contributed by atoms with van der Waals surface area (Å²) in [4.78, 5) is 36.2. The molecule has 0 aliphatic carbocycles. The number of ether oxygens (including phenoxy) is 2.